The van der Waals surface area contributed by atoms with Crippen LogP contribution in [0, 0.1) is 17.1 Å². The molecule has 102 valence electrons. The number of benzene rings is 2. The Kier molecular flexibility index (Phi) is 4.44. The van der Waals surface area contributed by atoms with Crippen LogP contribution in [0.3, 0.4) is 0 Å². The molecule has 0 aliphatic rings. The summed E-state index contributed by atoms with van der Waals surface area (Å²) in [6.45, 7) is 0. The van der Waals surface area contributed by atoms with Crippen molar-refractivity contribution in [2.75, 3.05) is 12.4 Å². The summed E-state index contributed by atoms with van der Waals surface area (Å²) in [5, 5.41) is 12.3. The molecule has 0 bridgehead atoms. The van der Waals surface area contributed by atoms with Gasteiger partial charge in [-0.25, -0.2) is 4.39 Å². The Morgan fingerprint density at radius 1 is 1.30 bits per heavy atom. The third-order valence-electron chi connectivity index (χ3n) is 2.79. The first-order valence-corrected chi connectivity index (χ1v) is 6.27. The molecule has 0 heterocycles. The van der Waals surface area contributed by atoms with E-state index in [1.165, 1.54) is 18.2 Å². The van der Waals surface area contributed by atoms with Crippen LogP contribution in [-0.4, -0.2) is 7.11 Å². The van der Waals surface area contributed by atoms with Crippen molar-refractivity contribution in [3.63, 3.8) is 0 Å². The van der Waals surface area contributed by atoms with Crippen molar-refractivity contribution < 1.29 is 9.13 Å². The van der Waals surface area contributed by atoms with Crippen molar-refractivity contribution in [1.82, 2.24) is 0 Å². The fourth-order valence-electron chi connectivity index (χ4n) is 1.76. The molecule has 1 N–H and O–H groups in total. The molecule has 0 saturated heterocycles. The minimum Gasteiger partial charge on any atom is -0.497 e. The van der Waals surface area contributed by atoms with Crippen molar-refractivity contribution in [2.24, 2.45) is 0 Å². The van der Waals surface area contributed by atoms with Crippen molar-refractivity contribution in [2.45, 2.75) is 6.04 Å². The van der Waals surface area contributed by atoms with Gasteiger partial charge in [-0.15, -0.1) is 0 Å². The third-order valence-corrected chi connectivity index (χ3v) is 3.08. The van der Waals surface area contributed by atoms with Crippen LogP contribution in [0.1, 0.15) is 11.6 Å². The van der Waals surface area contributed by atoms with Crippen LogP contribution in [0.2, 0.25) is 5.02 Å². The van der Waals surface area contributed by atoms with E-state index >= 15 is 0 Å². The van der Waals surface area contributed by atoms with Gasteiger partial charge in [-0.05, 0) is 29.8 Å². The number of nitrogens with one attached hydrogen (secondary N) is 1. The molecule has 2 aromatic carbocycles. The molecule has 0 aromatic heterocycles. The molecule has 0 aliphatic heterocycles. The van der Waals surface area contributed by atoms with Gasteiger partial charge in [0.25, 0.3) is 0 Å². The Bertz CT molecular complexity index is 655. The third kappa shape index (κ3) is 3.19. The maximum absolute atomic E-state index is 13.1. The second-order valence-corrected chi connectivity index (χ2v) is 4.52. The predicted octanol–water partition coefficient (Wildman–Crippen LogP) is 4.16. The second-order valence-electron chi connectivity index (χ2n) is 4.11. The van der Waals surface area contributed by atoms with E-state index in [9.17, 15) is 9.65 Å². The number of nitriles is 1. The number of halogens is 2. The van der Waals surface area contributed by atoms with Crippen LogP contribution >= 0.6 is 11.6 Å². The van der Waals surface area contributed by atoms with E-state index in [-0.39, 0.29) is 5.02 Å². The van der Waals surface area contributed by atoms with E-state index in [1.54, 1.807) is 19.2 Å². The SMILES string of the molecule is COc1cccc(NC(C#N)c2ccc(F)c(Cl)c2)c1. The van der Waals surface area contributed by atoms with Crippen molar-refractivity contribution in [1.29, 1.82) is 5.26 Å². The summed E-state index contributed by atoms with van der Waals surface area (Å²) < 4.78 is 18.3. The van der Waals surface area contributed by atoms with Crippen LogP contribution in [-0.2, 0) is 0 Å². The highest BCUT2D eigenvalue weighted by Gasteiger charge is 2.12. The minimum absolute atomic E-state index is 0.00445. The highest BCUT2D eigenvalue weighted by atomic mass is 35.5. The summed E-state index contributed by atoms with van der Waals surface area (Å²) >= 11 is 5.73. The fourth-order valence-corrected chi connectivity index (χ4v) is 1.95. The average Bonchev–Trinajstić information content (AvgIpc) is 2.48. The summed E-state index contributed by atoms with van der Waals surface area (Å²) in [6, 6.07) is 12.9. The number of nitrogens with zero attached hydrogens (tertiary/aromatic N) is 1. The molecular formula is C15H12ClFN2O. The van der Waals surface area contributed by atoms with Crippen LogP contribution < -0.4 is 10.1 Å². The van der Waals surface area contributed by atoms with Crippen molar-refractivity contribution in [3.8, 4) is 11.8 Å². The summed E-state index contributed by atoms with van der Waals surface area (Å²) in [7, 11) is 1.57. The van der Waals surface area contributed by atoms with Gasteiger partial charge in [-0.3, -0.25) is 0 Å². The zero-order valence-corrected chi connectivity index (χ0v) is 11.5. The molecular weight excluding hydrogens is 279 g/mol. The lowest BCUT2D eigenvalue weighted by molar-refractivity contribution is 0.415. The van der Waals surface area contributed by atoms with Gasteiger partial charge in [-0.1, -0.05) is 23.7 Å². The van der Waals surface area contributed by atoms with Crippen LogP contribution in [0.4, 0.5) is 10.1 Å². The van der Waals surface area contributed by atoms with Crippen LogP contribution in [0.5, 0.6) is 5.75 Å². The van der Waals surface area contributed by atoms with Gasteiger partial charge in [0.15, 0.2) is 0 Å². The molecule has 1 unspecified atom stereocenters. The predicted molar refractivity (Wildman–Crippen MR) is 76.4 cm³/mol. The van der Waals surface area contributed by atoms with Gasteiger partial charge in [0.1, 0.15) is 17.6 Å². The molecule has 0 amide bonds. The first kappa shape index (κ1) is 14.2. The molecule has 0 spiro atoms. The Hall–Kier alpha value is -2.25. The van der Waals surface area contributed by atoms with E-state index in [4.69, 9.17) is 16.3 Å². The smallest absolute Gasteiger partial charge is 0.141 e. The van der Waals surface area contributed by atoms with Gasteiger partial charge < -0.3 is 10.1 Å². The van der Waals surface area contributed by atoms with Crippen LogP contribution in [0.15, 0.2) is 42.5 Å². The number of hydrogen-bond donors (Lipinski definition) is 1. The first-order chi connectivity index (χ1) is 9.63. The molecule has 2 aromatic rings. The van der Waals surface area contributed by atoms with E-state index in [1.807, 2.05) is 12.1 Å². The Labute approximate surface area is 121 Å². The lowest BCUT2D eigenvalue weighted by Gasteiger charge is -2.14. The monoisotopic (exact) mass is 290 g/mol. The first-order valence-electron chi connectivity index (χ1n) is 5.89. The number of rotatable bonds is 4. The maximum atomic E-state index is 13.1. The number of ether oxygens (including phenoxy) is 1. The lowest BCUT2D eigenvalue weighted by Crippen LogP contribution is -2.08. The highest BCUT2D eigenvalue weighted by molar-refractivity contribution is 6.30. The molecule has 2 rings (SSSR count). The van der Waals surface area contributed by atoms with E-state index < -0.39 is 11.9 Å². The molecule has 0 radical (unpaired) electrons. The molecule has 0 aliphatic carbocycles. The Balaban J connectivity index is 2.24. The highest BCUT2D eigenvalue weighted by Crippen LogP contribution is 2.25. The van der Waals surface area contributed by atoms with E-state index in [0.29, 0.717) is 11.3 Å². The van der Waals surface area contributed by atoms with Crippen molar-refractivity contribution >= 4 is 17.3 Å². The molecule has 0 saturated carbocycles. The largest absolute Gasteiger partial charge is 0.497 e. The van der Waals surface area contributed by atoms with Gasteiger partial charge in [-0.2, -0.15) is 5.26 Å². The number of methoxy groups -OCH3 is 1. The normalized spacial score (nSPS) is 11.5. The zero-order valence-electron chi connectivity index (χ0n) is 10.7. The van der Waals surface area contributed by atoms with E-state index in [0.717, 1.165) is 5.69 Å². The van der Waals surface area contributed by atoms with Gasteiger partial charge in [0.2, 0.25) is 0 Å². The quantitative estimate of drug-likeness (QED) is 0.919. The van der Waals surface area contributed by atoms with Gasteiger partial charge in [0.05, 0.1) is 18.2 Å². The Morgan fingerprint density at radius 2 is 2.10 bits per heavy atom. The summed E-state index contributed by atoms with van der Waals surface area (Å²) in [4.78, 5) is 0. The lowest BCUT2D eigenvalue weighted by atomic mass is 10.1. The molecule has 5 heteroatoms. The molecule has 20 heavy (non-hydrogen) atoms. The maximum Gasteiger partial charge on any atom is 0.141 e. The molecule has 1 atom stereocenters. The standard InChI is InChI=1S/C15H12ClFN2O/c1-20-12-4-2-3-11(8-12)19-15(9-18)10-5-6-14(17)13(16)7-10/h2-8,15,19H,1H3. The fraction of sp³-hybridized carbons (Fsp3) is 0.133. The number of anilines is 1. The van der Waals surface area contributed by atoms with Crippen molar-refractivity contribution in [3.05, 3.63) is 58.9 Å². The summed E-state index contributed by atoms with van der Waals surface area (Å²) in [5.41, 5.74) is 1.33. The second kappa shape index (κ2) is 6.27. The number of hydrogen-bond acceptors (Lipinski definition) is 3. The average molecular weight is 291 g/mol. The zero-order chi connectivity index (χ0) is 14.5. The van der Waals surface area contributed by atoms with Gasteiger partial charge in [0, 0.05) is 11.8 Å². The topological polar surface area (TPSA) is 45.0 Å². The minimum atomic E-state index is -0.625. The van der Waals surface area contributed by atoms with Crippen LogP contribution in [0.25, 0.3) is 0 Å². The summed E-state index contributed by atoms with van der Waals surface area (Å²) in [6.07, 6.45) is 0. The van der Waals surface area contributed by atoms with E-state index in [2.05, 4.69) is 11.4 Å². The molecule has 3 nitrogen and oxygen atoms in total. The summed E-state index contributed by atoms with van der Waals surface area (Å²) in [5.74, 6) is 0.178. The van der Waals surface area contributed by atoms with Gasteiger partial charge >= 0.3 is 0 Å². The molecule has 0 fully saturated rings. The Morgan fingerprint density at radius 3 is 2.75 bits per heavy atom.